The van der Waals surface area contributed by atoms with E-state index >= 15 is 0 Å². The van der Waals surface area contributed by atoms with Crippen LogP contribution in [0.3, 0.4) is 0 Å². The quantitative estimate of drug-likeness (QED) is 0.763. The molecule has 0 saturated carbocycles. The zero-order valence-corrected chi connectivity index (χ0v) is 15.5. The molecule has 116 valence electrons. The minimum atomic E-state index is -3.60. The molecule has 2 rings (SSSR count). The molecular weight excluding hydrogens is 396 g/mol. The van der Waals surface area contributed by atoms with E-state index in [0.717, 1.165) is 26.0 Å². The van der Waals surface area contributed by atoms with Gasteiger partial charge in [-0.25, -0.2) is 12.7 Å². The van der Waals surface area contributed by atoms with E-state index in [9.17, 15) is 8.42 Å². The second kappa shape index (κ2) is 6.61. The van der Waals surface area contributed by atoms with E-state index in [-0.39, 0.29) is 10.7 Å². The average molecular weight is 411 g/mol. The van der Waals surface area contributed by atoms with Crippen molar-refractivity contribution in [2.75, 3.05) is 31.7 Å². The molecule has 2 heterocycles. The first-order valence-corrected chi connectivity index (χ1v) is 9.80. The topological polar surface area (TPSA) is 88.3 Å². The maximum atomic E-state index is 12.2. The summed E-state index contributed by atoms with van der Waals surface area (Å²) in [7, 11) is -0.654. The SMILES string of the molecule is CN(C)S(=O)(=O)c1c(N)nsc1NCCc1ccc(Br)s1. The molecule has 0 aliphatic heterocycles. The summed E-state index contributed by atoms with van der Waals surface area (Å²) in [6, 6.07) is 4.03. The Morgan fingerprint density at radius 1 is 1.43 bits per heavy atom. The van der Waals surface area contributed by atoms with Crippen molar-refractivity contribution < 1.29 is 8.42 Å². The van der Waals surface area contributed by atoms with Gasteiger partial charge in [0.25, 0.3) is 0 Å². The van der Waals surface area contributed by atoms with E-state index < -0.39 is 10.0 Å². The molecule has 0 amide bonds. The van der Waals surface area contributed by atoms with Crippen molar-refractivity contribution >= 4 is 59.6 Å². The zero-order chi connectivity index (χ0) is 15.6. The molecule has 3 N–H and O–H groups in total. The minimum absolute atomic E-state index is 0.0371. The number of rotatable bonds is 6. The number of hydrogen-bond donors (Lipinski definition) is 2. The van der Waals surface area contributed by atoms with Crippen LogP contribution in [0.4, 0.5) is 10.8 Å². The third-order valence-electron chi connectivity index (χ3n) is 2.70. The van der Waals surface area contributed by atoms with E-state index in [0.29, 0.717) is 11.5 Å². The van der Waals surface area contributed by atoms with Crippen molar-refractivity contribution in [2.24, 2.45) is 0 Å². The molecule has 0 fully saturated rings. The van der Waals surface area contributed by atoms with Gasteiger partial charge in [0.15, 0.2) is 10.7 Å². The van der Waals surface area contributed by atoms with Gasteiger partial charge in [-0.3, -0.25) is 0 Å². The van der Waals surface area contributed by atoms with Crippen molar-refractivity contribution in [3.63, 3.8) is 0 Å². The Labute approximate surface area is 140 Å². The standard InChI is InChI=1S/C11H15BrN4O2S3/c1-16(2)21(17,18)9-10(13)15-20-11(9)14-6-5-7-3-4-8(12)19-7/h3-4,14H,5-6H2,1-2H3,(H2,13,15). The summed E-state index contributed by atoms with van der Waals surface area (Å²) in [6.45, 7) is 0.616. The van der Waals surface area contributed by atoms with Gasteiger partial charge in [-0.05, 0) is 46.0 Å². The lowest BCUT2D eigenvalue weighted by Crippen LogP contribution is -2.23. The molecule has 10 heteroatoms. The first kappa shape index (κ1) is 16.7. The highest BCUT2D eigenvalue weighted by molar-refractivity contribution is 9.11. The van der Waals surface area contributed by atoms with E-state index in [4.69, 9.17) is 5.73 Å². The lowest BCUT2D eigenvalue weighted by atomic mass is 10.3. The van der Waals surface area contributed by atoms with Crippen molar-refractivity contribution in [3.8, 4) is 0 Å². The highest BCUT2D eigenvalue weighted by Gasteiger charge is 2.27. The Morgan fingerprint density at radius 2 is 2.14 bits per heavy atom. The van der Waals surface area contributed by atoms with Gasteiger partial charge in [0.1, 0.15) is 5.00 Å². The maximum Gasteiger partial charge on any atom is 0.249 e. The molecule has 2 aromatic rings. The van der Waals surface area contributed by atoms with Crippen LogP contribution in [0.2, 0.25) is 0 Å². The molecule has 0 aromatic carbocycles. The minimum Gasteiger partial charge on any atom is -0.382 e. The Hall–Kier alpha value is -0.680. The molecular formula is C11H15BrN4O2S3. The summed E-state index contributed by atoms with van der Waals surface area (Å²) in [5, 5.41) is 3.60. The van der Waals surface area contributed by atoms with E-state index in [1.807, 2.05) is 12.1 Å². The van der Waals surface area contributed by atoms with Gasteiger partial charge in [-0.1, -0.05) is 0 Å². The molecule has 6 nitrogen and oxygen atoms in total. The number of nitrogens with zero attached hydrogens (tertiary/aromatic N) is 2. The van der Waals surface area contributed by atoms with Crippen molar-refractivity contribution in [1.82, 2.24) is 8.68 Å². The molecule has 0 aliphatic rings. The molecule has 0 radical (unpaired) electrons. The van der Waals surface area contributed by atoms with Crippen LogP contribution in [0.15, 0.2) is 20.8 Å². The van der Waals surface area contributed by atoms with Crippen LogP contribution in [-0.2, 0) is 16.4 Å². The van der Waals surface area contributed by atoms with Gasteiger partial charge in [0.2, 0.25) is 10.0 Å². The summed E-state index contributed by atoms with van der Waals surface area (Å²) >= 11 is 6.13. The van der Waals surface area contributed by atoms with Gasteiger partial charge in [-0.2, -0.15) is 4.37 Å². The van der Waals surface area contributed by atoms with Crippen LogP contribution in [0, 0.1) is 0 Å². The molecule has 0 aliphatic carbocycles. The van der Waals surface area contributed by atoms with Crippen molar-refractivity contribution in [3.05, 3.63) is 20.8 Å². The fourth-order valence-corrected chi connectivity index (χ4v) is 5.21. The molecule has 0 spiro atoms. The summed E-state index contributed by atoms with van der Waals surface area (Å²) in [6.07, 6.45) is 0.801. The van der Waals surface area contributed by atoms with Gasteiger partial charge < -0.3 is 11.1 Å². The largest absolute Gasteiger partial charge is 0.382 e. The summed E-state index contributed by atoms with van der Waals surface area (Å²) in [5.74, 6) is 0.0371. The number of halogens is 1. The monoisotopic (exact) mass is 410 g/mol. The van der Waals surface area contributed by atoms with Gasteiger partial charge in [-0.15, -0.1) is 11.3 Å². The fraction of sp³-hybridized carbons (Fsp3) is 0.364. The third kappa shape index (κ3) is 3.75. The van der Waals surface area contributed by atoms with Gasteiger partial charge in [0, 0.05) is 25.5 Å². The highest BCUT2D eigenvalue weighted by atomic mass is 79.9. The molecule has 21 heavy (non-hydrogen) atoms. The van der Waals surface area contributed by atoms with Crippen LogP contribution >= 0.6 is 38.8 Å². The normalized spacial score (nSPS) is 12.0. The second-order valence-electron chi connectivity index (χ2n) is 4.40. The lowest BCUT2D eigenvalue weighted by Gasteiger charge is -2.12. The number of aromatic nitrogens is 1. The van der Waals surface area contributed by atoms with Crippen molar-refractivity contribution in [2.45, 2.75) is 11.3 Å². The van der Waals surface area contributed by atoms with E-state index in [1.54, 1.807) is 11.3 Å². The second-order valence-corrected chi connectivity index (χ2v) is 9.81. The smallest absolute Gasteiger partial charge is 0.249 e. The Balaban J connectivity index is 2.11. The number of sulfonamides is 1. The van der Waals surface area contributed by atoms with Gasteiger partial charge >= 0.3 is 0 Å². The number of nitrogens with one attached hydrogen (secondary N) is 1. The van der Waals surface area contributed by atoms with E-state index in [2.05, 4.69) is 25.6 Å². The van der Waals surface area contributed by atoms with Crippen LogP contribution < -0.4 is 11.1 Å². The van der Waals surface area contributed by atoms with Crippen LogP contribution in [0.25, 0.3) is 0 Å². The Kier molecular flexibility index (Phi) is 5.25. The summed E-state index contributed by atoms with van der Waals surface area (Å²) < 4.78 is 30.6. The molecule has 0 unspecified atom stereocenters. The first-order chi connectivity index (χ1) is 9.82. The number of thiophene rings is 1. The van der Waals surface area contributed by atoms with Crippen LogP contribution in [0.5, 0.6) is 0 Å². The van der Waals surface area contributed by atoms with Crippen molar-refractivity contribution in [1.29, 1.82) is 0 Å². The molecule has 0 atom stereocenters. The summed E-state index contributed by atoms with van der Waals surface area (Å²) in [4.78, 5) is 1.27. The maximum absolute atomic E-state index is 12.2. The Morgan fingerprint density at radius 3 is 2.71 bits per heavy atom. The molecule has 0 saturated heterocycles. The fourth-order valence-electron chi connectivity index (χ4n) is 1.62. The number of nitrogen functional groups attached to an aromatic ring is 1. The summed E-state index contributed by atoms with van der Waals surface area (Å²) in [5.41, 5.74) is 5.70. The number of nitrogens with two attached hydrogens (primary N) is 1. The third-order valence-corrected chi connectivity index (χ3v) is 7.22. The Bertz CT molecular complexity index is 724. The predicted molar refractivity (Wildman–Crippen MR) is 91.6 cm³/mol. The lowest BCUT2D eigenvalue weighted by molar-refractivity contribution is 0.521. The number of anilines is 2. The molecule has 0 bridgehead atoms. The zero-order valence-electron chi connectivity index (χ0n) is 11.5. The van der Waals surface area contributed by atoms with Crippen LogP contribution in [0.1, 0.15) is 4.88 Å². The highest BCUT2D eigenvalue weighted by Crippen LogP contribution is 2.33. The first-order valence-electron chi connectivity index (χ1n) is 5.98. The van der Waals surface area contributed by atoms with Gasteiger partial charge in [0.05, 0.1) is 3.79 Å². The average Bonchev–Trinajstić information content (AvgIpc) is 2.96. The van der Waals surface area contributed by atoms with Crippen LogP contribution in [-0.4, -0.2) is 37.7 Å². The predicted octanol–water partition coefficient (Wildman–Crippen LogP) is 2.45. The number of hydrogen-bond acceptors (Lipinski definition) is 7. The molecule has 2 aromatic heterocycles. The van der Waals surface area contributed by atoms with E-state index in [1.165, 1.54) is 19.0 Å².